The highest BCUT2D eigenvalue weighted by Gasteiger charge is 2.26. The largest absolute Gasteiger partial charge is 0.206 e. The minimum Gasteiger partial charge on any atom is -0.206 e. The molecule has 4 heteroatoms. The second-order valence-corrected chi connectivity index (χ2v) is 8.93. The first-order valence-electron chi connectivity index (χ1n) is 11.2. The van der Waals surface area contributed by atoms with Crippen molar-refractivity contribution in [2.45, 2.75) is 50.9 Å². The van der Waals surface area contributed by atoms with E-state index < -0.39 is 17.5 Å². The molecule has 0 saturated heterocycles. The molecule has 0 amide bonds. The van der Waals surface area contributed by atoms with Crippen molar-refractivity contribution >= 4 is 0 Å². The summed E-state index contributed by atoms with van der Waals surface area (Å²) >= 11 is 0. The molecule has 0 N–H and O–H groups in total. The van der Waals surface area contributed by atoms with Crippen molar-refractivity contribution in [3.8, 4) is 17.2 Å². The lowest BCUT2D eigenvalue weighted by Gasteiger charge is -2.30. The molecule has 1 atom stereocenters. The lowest BCUT2D eigenvalue weighted by molar-refractivity contribution is 0.296. The van der Waals surface area contributed by atoms with Gasteiger partial charge in [-0.2, -0.15) is 5.26 Å². The zero-order valence-electron chi connectivity index (χ0n) is 18.1. The second kappa shape index (κ2) is 9.61. The van der Waals surface area contributed by atoms with Crippen LogP contribution in [0.25, 0.3) is 11.1 Å². The highest BCUT2D eigenvalue weighted by molar-refractivity contribution is 5.66. The van der Waals surface area contributed by atoms with E-state index in [-0.39, 0.29) is 22.6 Å². The van der Waals surface area contributed by atoms with Crippen molar-refractivity contribution in [1.82, 2.24) is 0 Å². The average Bonchev–Trinajstić information content (AvgIpc) is 2.80. The summed E-state index contributed by atoms with van der Waals surface area (Å²) in [6.07, 6.45) is 5.05. The van der Waals surface area contributed by atoms with Gasteiger partial charge >= 0.3 is 0 Å². The molecule has 1 fully saturated rings. The molecule has 0 spiro atoms. The van der Waals surface area contributed by atoms with Crippen LogP contribution in [0.4, 0.5) is 13.2 Å². The Kier molecular flexibility index (Phi) is 6.65. The molecule has 3 aromatic rings. The number of hydrogen-bond donors (Lipinski definition) is 0. The summed E-state index contributed by atoms with van der Waals surface area (Å²) in [7, 11) is 0. The monoisotopic (exact) mass is 433 g/mol. The number of benzene rings is 3. The summed E-state index contributed by atoms with van der Waals surface area (Å²) in [6, 6.07) is 18.7. The summed E-state index contributed by atoms with van der Waals surface area (Å²) in [5.74, 6) is -0.908. The number of rotatable bonds is 5. The summed E-state index contributed by atoms with van der Waals surface area (Å²) in [6.45, 7) is 2.26. The fourth-order valence-corrected chi connectivity index (χ4v) is 5.01. The first-order chi connectivity index (χ1) is 15.5. The van der Waals surface area contributed by atoms with Crippen LogP contribution in [0.15, 0.2) is 60.7 Å². The summed E-state index contributed by atoms with van der Waals surface area (Å²) in [5, 5.41) is 8.86. The van der Waals surface area contributed by atoms with Gasteiger partial charge in [-0.1, -0.05) is 43.3 Å². The van der Waals surface area contributed by atoms with Gasteiger partial charge < -0.3 is 0 Å². The van der Waals surface area contributed by atoms with Crippen LogP contribution in [0.5, 0.6) is 0 Å². The van der Waals surface area contributed by atoms with Crippen molar-refractivity contribution < 1.29 is 13.2 Å². The smallest absolute Gasteiger partial charge is 0.141 e. The van der Waals surface area contributed by atoms with Crippen molar-refractivity contribution in [2.24, 2.45) is 5.92 Å². The lowest BCUT2D eigenvalue weighted by atomic mass is 9.75. The molecule has 0 aromatic heterocycles. The van der Waals surface area contributed by atoms with Crippen molar-refractivity contribution in [3.05, 3.63) is 94.8 Å². The van der Waals surface area contributed by atoms with Gasteiger partial charge in [0.2, 0.25) is 0 Å². The highest BCUT2D eigenvalue weighted by atomic mass is 19.1. The molecule has 1 unspecified atom stereocenters. The Hall–Kier alpha value is -3.06. The third kappa shape index (κ3) is 4.72. The fourth-order valence-electron chi connectivity index (χ4n) is 5.01. The van der Waals surface area contributed by atoms with E-state index in [0.29, 0.717) is 17.4 Å². The van der Waals surface area contributed by atoms with Crippen LogP contribution in [-0.2, 0) is 0 Å². The molecule has 0 radical (unpaired) electrons. The Morgan fingerprint density at radius 2 is 1.53 bits per heavy atom. The molecule has 0 bridgehead atoms. The molecule has 164 valence electrons. The van der Waals surface area contributed by atoms with Gasteiger partial charge in [0.1, 0.15) is 23.5 Å². The molecule has 0 heterocycles. The standard InChI is InChI=1S/C28H26F3N/c1-18(20-5-3-2-4-6-20)13-19-7-9-21(10-8-19)24-15-26(30)28(27(31)16-24)22-11-12-23(17-32)25(29)14-22/h2-6,11-12,14-16,18-19,21H,7-10,13H2,1H3. The zero-order valence-corrected chi connectivity index (χ0v) is 18.1. The van der Waals surface area contributed by atoms with E-state index >= 15 is 0 Å². The van der Waals surface area contributed by atoms with Crippen LogP contribution in [0.2, 0.25) is 0 Å². The first kappa shape index (κ1) is 22.1. The van der Waals surface area contributed by atoms with Crippen LogP contribution in [0.3, 0.4) is 0 Å². The van der Waals surface area contributed by atoms with E-state index in [2.05, 4.69) is 31.2 Å². The Labute approximate surface area is 187 Å². The number of nitrogens with zero attached hydrogens (tertiary/aromatic N) is 1. The molecule has 1 aliphatic carbocycles. The van der Waals surface area contributed by atoms with Crippen LogP contribution < -0.4 is 0 Å². The third-order valence-electron chi connectivity index (χ3n) is 6.82. The normalized spacial score (nSPS) is 19.3. The Bertz CT molecular complexity index is 1100. The topological polar surface area (TPSA) is 23.8 Å². The summed E-state index contributed by atoms with van der Waals surface area (Å²) < 4.78 is 43.7. The predicted octanol–water partition coefficient (Wildman–Crippen LogP) is 8.11. The maximum Gasteiger partial charge on any atom is 0.141 e. The van der Waals surface area contributed by atoms with Gasteiger partial charge in [-0.25, -0.2) is 13.2 Å². The lowest BCUT2D eigenvalue weighted by Crippen LogP contribution is -2.15. The van der Waals surface area contributed by atoms with Crippen molar-refractivity contribution in [1.29, 1.82) is 5.26 Å². The van der Waals surface area contributed by atoms with E-state index in [4.69, 9.17) is 5.26 Å². The van der Waals surface area contributed by atoms with Gasteiger partial charge in [0.05, 0.1) is 11.1 Å². The van der Waals surface area contributed by atoms with Gasteiger partial charge in [-0.15, -0.1) is 0 Å². The number of halogens is 3. The van der Waals surface area contributed by atoms with Gasteiger partial charge in [-0.3, -0.25) is 0 Å². The Morgan fingerprint density at radius 1 is 0.875 bits per heavy atom. The third-order valence-corrected chi connectivity index (χ3v) is 6.82. The van der Waals surface area contributed by atoms with Crippen LogP contribution in [0.1, 0.15) is 67.6 Å². The number of nitriles is 1. The molecule has 1 saturated carbocycles. The second-order valence-electron chi connectivity index (χ2n) is 8.93. The molecule has 0 aliphatic heterocycles. The van der Waals surface area contributed by atoms with Gasteiger partial charge in [0.15, 0.2) is 0 Å². The Morgan fingerprint density at radius 3 is 2.12 bits per heavy atom. The minimum absolute atomic E-state index is 0.0988. The SMILES string of the molecule is CC(CC1CCC(c2cc(F)c(-c3ccc(C#N)c(F)c3)c(F)c2)CC1)c1ccccc1. The molecular weight excluding hydrogens is 407 g/mol. The molecule has 1 aliphatic rings. The first-order valence-corrected chi connectivity index (χ1v) is 11.2. The van der Waals surface area contributed by atoms with E-state index in [1.165, 1.54) is 29.8 Å². The fraction of sp³-hybridized carbons (Fsp3) is 0.321. The number of hydrogen-bond acceptors (Lipinski definition) is 1. The predicted molar refractivity (Wildman–Crippen MR) is 121 cm³/mol. The van der Waals surface area contributed by atoms with Gasteiger partial charge in [0.25, 0.3) is 0 Å². The maximum absolute atomic E-state index is 14.9. The van der Waals surface area contributed by atoms with Gasteiger partial charge in [-0.05, 0) is 90.8 Å². The van der Waals surface area contributed by atoms with Crippen molar-refractivity contribution in [2.75, 3.05) is 0 Å². The quantitative estimate of drug-likeness (QED) is 0.399. The van der Waals surface area contributed by atoms with E-state index in [9.17, 15) is 13.2 Å². The van der Waals surface area contributed by atoms with Crippen molar-refractivity contribution in [3.63, 3.8) is 0 Å². The Balaban J connectivity index is 1.44. The average molecular weight is 434 g/mol. The minimum atomic E-state index is -0.782. The maximum atomic E-state index is 14.9. The van der Waals surface area contributed by atoms with Gasteiger partial charge in [0, 0.05) is 0 Å². The van der Waals surface area contributed by atoms with Crippen LogP contribution in [0, 0.1) is 34.7 Å². The molecular formula is C28H26F3N. The van der Waals surface area contributed by atoms with E-state index in [1.54, 1.807) is 6.07 Å². The summed E-state index contributed by atoms with van der Waals surface area (Å²) in [5.41, 5.74) is 1.73. The molecule has 32 heavy (non-hydrogen) atoms. The molecule has 3 aromatic carbocycles. The van der Waals surface area contributed by atoms with E-state index in [0.717, 1.165) is 38.2 Å². The van der Waals surface area contributed by atoms with E-state index in [1.807, 2.05) is 6.07 Å². The molecule has 1 nitrogen and oxygen atoms in total. The molecule has 4 rings (SSSR count). The zero-order chi connectivity index (χ0) is 22.7. The van der Waals surface area contributed by atoms with Crippen LogP contribution in [-0.4, -0.2) is 0 Å². The summed E-state index contributed by atoms with van der Waals surface area (Å²) in [4.78, 5) is 0. The van der Waals surface area contributed by atoms with Crippen LogP contribution >= 0.6 is 0 Å². The highest BCUT2D eigenvalue weighted by Crippen LogP contribution is 2.41.